The molecular formula is C23H36FN3O. The predicted octanol–water partition coefficient (Wildman–Crippen LogP) is 4.14. The van der Waals surface area contributed by atoms with Gasteiger partial charge in [-0.25, -0.2) is 4.39 Å². The molecule has 0 unspecified atom stereocenters. The Kier molecular flexibility index (Phi) is 5.84. The van der Waals surface area contributed by atoms with Crippen molar-refractivity contribution in [2.24, 2.45) is 0 Å². The molecule has 5 heteroatoms. The molecule has 3 aliphatic rings. The van der Waals surface area contributed by atoms with Crippen LogP contribution in [0.25, 0.3) is 0 Å². The minimum Gasteiger partial charge on any atom is -0.490 e. The number of fused-ring (bicyclic) bond motifs is 2. The van der Waals surface area contributed by atoms with Gasteiger partial charge in [0.05, 0.1) is 5.69 Å². The van der Waals surface area contributed by atoms with Crippen molar-refractivity contribution in [3.8, 4) is 5.75 Å². The van der Waals surface area contributed by atoms with Gasteiger partial charge in [0.25, 0.3) is 0 Å². The van der Waals surface area contributed by atoms with Crippen LogP contribution in [0.1, 0.15) is 53.4 Å². The SMILES string of the molecule is CC(C)N1CCC(Oc2ccc(F)c(N3[C@@H]4CC[C@H]3CN(C(C)C)C4)c2)CC1. The summed E-state index contributed by atoms with van der Waals surface area (Å²) in [5, 5.41) is 0. The Hall–Kier alpha value is -1.33. The summed E-state index contributed by atoms with van der Waals surface area (Å²) in [5.74, 6) is 0.710. The second-order valence-electron chi connectivity index (χ2n) is 9.40. The molecular weight excluding hydrogens is 353 g/mol. The molecule has 0 aliphatic carbocycles. The smallest absolute Gasteiger partial charge is 0.146 e. The maximum absolute atomic E-state index is 14.8. The Morgan fingerprint density at radius 3 is 2.07 bits per heavy atom. The molecule has 4 rings (SSSR count). The van der Waals surface area contributed by atoms with Gasteiger partial charge in [0, 0.05) is 56.4 Å². The van der Waals surface area contributed by atoms with Gasteiger partial charge in [0.15, 0.2) is 0 Å². The average Bonchev–Trinajstić information content (AvgIpc) is 2.92. The number of piperidine rings is 1. The van der Waals surface area contributed by atoms with E-state index in [-0.39, 0.29) is 11.9 Å². The second kappa shape index (κ2) is 8.19. The van der Waals surface area contributed by atoms with Crippen molar-refractivity contribution in [1.29, 1.82) is 0 Å². The first-order valence-electron chi connectivity index (χ1n) is 11.1. The van der Waals surface area contributed by atoms with E-state index in [0.717, 1.165) is 63.3 Å². The molecule has 3 heterocycles. The lowest BCUT2D eigenvalue weighted by molar-refractivity contribution is 0.0842. The monoisotopic (exact) mass is 389 g/mol. The number of hydrogen-bond acceptors (Lipinski definition) is 4. The van der Waals surface area contributed by atoms with E-state index in [1.165, 1.54) is 0 Å². The van der Waals surface area contributed by atoms with E-state index >= 15 is 0 Å². The van der Waals surface area contributed by atoms with E-state index in [1.807, 2.05) is 6.07 Å². The lowest BCUT2D eigenvalue weighted by Crippen LogP contribution is -2.55. The van der Waals surface area contributed by atoms with E-state index in [4.69, 9.17) is 4.74 Å². The van der Waals surface area contributed by atoms with E-state index in [0.29, 0.717) is 24.2 Å². The van der Waals surface area contributed by atoms with Crippen LogP contribution in [-0.4, -0.2) is 66.3 Å². The van der Waals surface area contributed by atoms with Crippen molar-refractivity contribution < 1.29 is 9.13 Å². The molecule has 0 radical (unpaired) electrons. The van der Waals surface area contributed by atoms with Crippen LogP contribution in [-0.2, 0) is 0 Å². The molecule has 3 saturated heterocycles. The first kappa shape index (κ1) is 20.0. The highest BCUT2D eigenvalue weighted by atomic mass is 19.1. The van der Waals surface area contributed by atoms with Crippen molar-refractivity contribution in [2.75, 3.05) is 31.1 Å². The van der Waals surface area contributed by atoms with Gasteiger partial charge in [-0.15, -0.1) is 0 Å². The Labute approximate surface area is 169 Å². The number of nitrogens with zero attached hydrogens (tertiary/aromatic N) is 3. The summed E-state index contributed by atoms with van der Waals surface area (Å²) in [6, 6.07) is 7.35. The minimum atomic E-state index is -0.114. The molecule has 0 spiro atoms. The molecule has 3 fully saturated rings. The molecule has 0 saturated carbocycles. The summed E-state index contributed by atoms with van der Waals surface area (Å²) < 4.78 is 21.1. The molecule has 0 N–H and O–H groups in total. The van der Waals surface area contributed by atoms with Crippen LogP contribution < -0.4 is 9.64 Å². The summed E-state index contributed by atoms with van der Waals surface area (Å²) in [6.45, 7) is 13.2. The number of anilines is 1. The molecule has 1 aromatic rings. The van der Waals surface area contributed by atoms with Crippen molar-refractivity contribution in [3.63, 3.8) is 0 Å². The molecule has 3 aliphatic heterocycles. The number of ether oxygens (including phenoxy) is 1. The number of halogens is 1. The first-order chi connectivity index (χ1) is 13.4. The zero-order chi connectivity index (χ0) is 19.8. The van der Waals surface area contributed by atoms with Crippen molar-refractivity contribution in [1.82, 2.24) is 9.80 Å². The molecule has 4 nitrogen and oxygen atoms in total. The van der Waals surface area contributed by atoms with Crippen molar-refractivity contribution >= 4 is 5.69 Å². The summed E-state index contributed by atoms with van der Waals surface area (Å²) in [6.07, 6.45) is 4.65. The van der Waals surface area contributed by atoms with Gasteiger partial charge < -0.3 is 14.5 Å². The third-order valence-electron chi connectivity index (χ3n) is 6.95. The first-order valence-corrected chi connectivity index (χ1v) is 11.1. The highest BCUT2D eigenvalue weighted by molar-refractivity contribution is 5.55. The van der Waals surface area contributed by atoms with Crippen LogP contribution in [0.5, 0.6) is 5.75 Å². The predicted molar refractivity (Wildman–Crippen MR) is 113 cm³/mol. The molecule has 0 amide bonds. The number of rotatable bonds is 5. The molecule has 2 bridgehead atoms. The Morgan fingerprint density at radius 1 is 0.893 bits per heavy atom. The molecule has 2 atom stereocenters. The third-order valence-corrected chi connectivity index (χ3v) is 6.95. The van der Waals surface area contributed by atoms with Gasteiger partial charge in [-0.3, -0.25) is 4.90 Å². The van der Waals surface area contributed by atoms with E-state index in [1.54, 1.807) is 12.1 Å². The average molecular weight is 390 g/mol. The maximum atomic E-state index is 14.8. The van der Waals surface area contributed by atoms with E-state index < -0.39 is 0 Å². The largest absolute Gasteiger partial charge is 0.490 e. The zero-order valence-corrected chi connectivity index (χ0v) is 17.9. The minimum absolute atomic E-state index is 0.114. The summed E-state index contributed by atoms with van der Waals surface area (Å²) in [7, 11) is 0. The van der Waals surface area contributed by atoms with Crippen LogP contribution in [0.4, 0.5) is 10.1 Å². The molecule has 28 heavy (non-hydrogen) atoms. The normalized spacial score (nSPS) is 27.2. The van der Waals surface area contributed by atoms with Crippen LogP contribution in [0.2, 0.25) is 0 Å². The lowest BCUT2D eigenvalue weighted by Gasteiger charge is -2.44. The van der Waals surface area contributed by atoms with Crippen LogP contribution in [0.15, 0.2) is 18.2 Å². The summed E-state index contributed by atoms with van der Waals surface area (Å²) >= 11 is 0. The van der Waals surface area contributed by atoms with Crippen LogP contribution in [0, 0.1) is 5.82 Å². The highest BCUT2D eigenvalue weighted by Crippen LogP contribution is 2.38. The maximum Gasteiger partial charge on any atom is 0.146 e. The molecule has 1 aromatic carbocycles. The number of piperazine rings is 1. The fraction of sp³-hybridized carbons (Fsp3) is 0.739. The Bertz CT molecular complexity index is 658. The zero-order valence-electron chi connectivity index (χ0n) is 17.9. The number of hydrogen-bond donors (Lipinski definition) is 0. The lowest BCUT2D eigenvalue weighted by atomic mass is 10.1. The van der Waals surface area contributed by atoms with Crippen LogP contribution >= 0.6 is 0 Å². The summed E-state index contributed by atoms with van der Waals surface area (Å²) in [4.78, 5) is 7.39. The quantitative estimate of drug-likeness (QED) is 0.753. The molecule has 156 valence electrons. The van der Waals surface area contributed by atoms with Crippen molar-refractivity contribution in [2.45, 2.75) is 83.6 Å². The van der Waals surface area contributed by atoms with Gasteiger partial charge in [-0.05, 0) is 65.5 Å². The van der Waals surface area contributed by atoms with Gasteiger partial charge in [0.2, 0.25) is 0 Å². The Morgan fingerprint density at radius 2 is 1.50 bits per heavy atom. The van der Waals surface area contributed by atoms with Gasteiger partial charge in [0.1, 0.15) is 17.7 Å². The topological polar surface area (TPSA) is 19.0 Å². The van der Waals surface area contributed by atoms with Gasteiger partial charge in [-0.1, -0.05) is 0 Å². The van der Waals surface area contributed by atoms with Gasteiger partial charge in [-0.2, -0.15) is 0 Å². The fourth-order valence-corrected chi connectivity index (χ4v) is 5.22. The highest BCUT2D eigenvalue weighted by Gasteiger charge is 2.41. The van der Waals surface area contributed by atoms with Gasteiger partial charge >= 0.3 is 0 Å². The van der Waals surface area contributed by atoms with E-state index in [2.05, 4.69) is 42.4 Å². The summed E-state index contributed by atoms with van der Waals surface area (Å²) in [5.41, 5.74) is 0.744. The standard InChI is InChI=1S/C23H36FN3O/c1-16(2)25-11-9-20(10-12-25)28-21-7-8-22(24)23(13-21)27-18-5-6-19(27)15-26(14-18)17(3)4/h7-8,13,16-20H,5-6,9-12,14-15H2,1-4H3/t18-,19+. The number of benzene rings is 1. The molecule has 0 aromatic heterocycles. The second-order valence-corrected chi connectivity index (χ2v) is 9.40. The van der Waals surface area contributed by atoms with Crippen LogP contribution in [0.3, 0.4) is 0 Å². The van der Waals surface area contributed by atoms with Crippen molar-refractivity contribution in [3.05, 3.63) is 24.0 Å². The fourth-order valence-electron chi connectivity index (χ4n) is 5.22. The third kappa shape index (κ3) is 4.02. The number of likely N-dealkylation sites (tertiary alicyclic amines) is 2. The Balaban J connectivity index is 1.45. The van der Waals surface area contributed by atoms with E-state index in [9.17, 15) is 4.39 Å².